The van der Waals surface area contributed by atoms with Gasteiger partial charge in [-0.25, -0.2) is 4.98 Å². The lowest BCUT2D eigenvalue weighted by Crippen LogP contribution is -2.54. The second-order valence-corrected chi connectivity index (χ2v) is 7.58. The van der Waals surface area contributed by atoms with Gasteiger partial charge in [-0.3, -0.25) is 14.6 Å². The summed E-state index contributed by atoms with van der Waals surface area (Å²) in [6.07, 6.45) is 5.18. The molecular formula is C22H21N5O3. The van der Waals surface area contributed by atoms with Crippen molar-refractivity contribution in [1.29, 1.82) is 0 Å². The van der Waals surface area contributed by atoms with Crippen LogP contribution in [-0.4, -0.2) is 59.0 Å². The number of pyridine rings is 2. The fourth-order valence-electron chi connectivity index (χ4n) is 4.12. The molecule has 8 nitrogen and oxygen atoms in total. The summed E-state index contributed by atoms with van der Waals surface area (Å²) >= 11 is 0. The third-order valence-electron chi connectivity index (χ3n) is 5.60. The van der Waals surface area contributed by atoms with E-state index in [1.165, 1.54) is 6.20 Å². The minimum Gasteiger partial charge on any atom is -0.466 e. The van der Waals surface area contributed by atoms with Crippen molar-refractivity contribution in [3.8, 4) is 5.88 Å². The molecule has 8 heteroatoms. The SMILES string of the molecule is CC1CN(c2cccc3cnccc23)CCN1C(=O)c1cnc2c(c1)NC(=O)CO2. The lowest BCUT2D eigenvalue weighted by atomic mass is 10.1. The Morgan fingerprint density at radius 2 is 2.13 bits per heavy atom. The molecule has 2 amide bonds. The van der Waals surface area contributed by atoms with Crippen molar-refractivity contribution in [1.82, 2.24) is 14.9 Å². The number of nitrogens with one attached hydrogen (secondary N) is 1. The predicted octanol–water partition coefficient (Wildman–Crippen LogP) is 2.31. The minimum atomic E-state index is -0.249. The topological polar surface area (TPSA) is 87.7 Å². The van der Waals surface area contributed by atoms with E-state index >= 15 is 0 Å². The molecule has 0 bridgehead atoms. The van der Waals surface area contributed by atoms with Crippen molar-refractivity contribution in [3.05, 3.63) is 54.5 Å². The van der Waals surface area contributed by atoms with Crippen LogP contribution < -0.4 is 15.0 Å². The Balaban J connectivity index is 1.35. The Morgan fingerprint density at radius 3 is 3.00 bits per heavy atom. The van der Waals surface area contributed by atoms with Gasteiger partial charge in [0.25, 0.3) is 11.8 Å². The van der Waals surface area contributed by atoms with Gasteiger partial charge in [0.05, 0.1) is 5.56 Å². The van der Waals surface area contributed by atoms with Crippen LogP contribution in [0.25, 0.3) is 10.8 Å². The highest BCUT2D eigenvalue weighted by Crippen LogP contribution is 2.29. The molecule has 152 valence electrons. The average Bonchev–Trinajstić information content (AvgIpc) is 2.77. The first-order valence-corrected chi connectivity index (χ1v) is 9.91. The van der Waals surface area contributed by atoms with Gasteiger partial charge >= 0.3 is 0 Å². The van der Waals surface area contributed by atoms with E-state index in [0.717, 1.165) is 29.5 Å². The Morgan fingerprint density at radius 1 is 1.23 bits per heavy atom. The molecule has 1 N–H and O–H groups in total. The molecular weight excluding hydrogens is 382 g/mol. The molecule has 1 fully saturated rings. The van der Waals surface area contributed by atoms with Gasteiger partial charge in [-0.1, -0.05) is 12.1 Å². The second kappa shape index (κ2) is 7.29. The predicted molar refractivity (Wildman–Crippen MR) is 113 cm³/mol. The molecule has 30 heavy (non-hydrogen) atoms. The summed E-state index contributed by atoms with van der Waals surface area (Å²) in [6.45, 7) is 4.05. The summed E-state index contributed by atoms with van der Waals surface area (Å²) in [5.41, 5.74) is 2.04. The fraction of sp³-hybridized carbons (Fsp3) is 0.273. The van der Waals surface area contributed by atoms with Gasteiger partial charge < -0.3 is 19.9 Å². The summed E-state index contributed by atoms with van der Waals surface area (Å²) < 4.78 is 5.28. The average molecular weight is 403 g/mol. The molecule has 1 atom stereocenters. The number of carbonyl (C=O) groups excluding carboxylic acids is 2. The van der Waals surface area contributed by atoms with Crippen LogP contribution in [0, 0.1) is 0 Å². The number of carbonyl (C=O) groups is 2. The lowest BCUT2D eigenvalue weighted by molar-refractivity contribution is -0.118. The smallest absolute Gasteiger partial charge is 0.262 e. The van der Waals surface area contributed by atoms with Crippen LogP contribution in [0.1, 0.15) is 17.3 Å². The van der Waals surface area contributed by atoms with E-state index in [9.17, 15) is 9.59 Å². The largest absolute Gasteiger partial charge is 0.466 e. The van der Waals surface area contributed by atoms with Crippen molar-refractivity contribution in [2.75, 3.05) is 36.5 Å². The van der Waals surface area contributed by atoms with Crippen LogP contribution in [0.5, 0.6) is 5.88 Å². The molecule has 1 aromatic carbocycles. The van der Waals surface area contributed by atoms with Gasteiger partial charge in [0.1, 0.15) is 5.69 Å². The third-order valence-corrected chi connectivity index (χ3v) is 5.60. The van der Waals surface area contributed by atoms with E-state index in [2.05, 4.69) is 32.3 Å². The van der Waals surface area contributed by atoms with E-state index < -0.39 is 0 Å². The van der Waals surface area contributed by atoms with E-state index in [4.69, 9.17) is 4.74 Å². The van der Waals surface area contributed by atoms with Crippen molar-refractivity contribution >= 4 is 34.0 Å². The summed E-state index contributed by atoms with van der Waals surface area (Å²) in [6, 6.07) is 9.89. The van der Waals surface area contributed by atoms with Crippen LogP contribution in [0.2, 0.25) is 0 Å². The molecule has 2 aliphatic rings. The molecule has 2 aromatic heterocycles. The lowest BCUT2D eigenvalue weighted by Gasteiger charge is -2.41. The summed E-state index contributed by atoms with van der Waals surface area (Å²) in [5, 5.41) is 4.97. The number of nitrogens with zero attached hydrogens (tertiary/aromatic N) is 4. The molecule has 5 rings (SSSR count). The first-order valence-electron chi connectivity index (χ1n) is 9.91. The van der Waals surface area contributed by atoms with Crippen LogP contribution in [0.15, 0.2) is 48.9 Å². The van der Waals surface area contributed by atoms with Gasteiger partial charge in [-0.2, -0.15) is 0 Å². The summed E-state index contributed by atoms with van der Waals surface area (Å²) in [4.78, 5) is 37.3. The summed E-state index contributed by atoms with van der Waals surface area (Å²) in [5.74, 6) is -0.00461. The molecule has 0 radical (unpaired) electrons. The van der Waals surface area contributed by atoms with Crippen LogP contribution in [-0.2, 0) is 4.79 Å². The fourth-order valence-corrected chi connectivity index (χ4v) is 4.12. The third kappa shape index (κ3) is 3.20. The standard InChI is InChI=1S/C22H21N5O3/c1-14-12-26(19-4-2-3-15-10-23-6-5-17(15)19)7-8-27(14)22(29)16-9-18-21(24-11-16)30-13-20(28)25-18/h2-6,9-11,14H,7-8,12-13H2,1H3,(H,25,28). The highest BCUT2D eigenvalue weighted by atomic mass is 16.5. The van der Waals surface area contributed by atoms with E-state index in [1.807, 2.05) is 30.2 Å². The van der Waals surface area contributed by atoms with Crippen molar-refractivity contribution in [2.24, 2.45) is 0 Å². The maximum Gasteiger partial charge on any atom is 0.262 e. The Bertz CT molecular complexity index is 1140. The highest BCUT2D eigenvalue weighted by molar-refractivity contribution is 5.99. The zero-order chi connectivity index (χ0) is 20.7. The first kappa shape index (κ1) is 18.4. The van der Waals surface area contributed by atoms with Crippen molar-refractivity contribution in [2.45, 2.75) is 13.0 Å². The molecule has 3 aromatic rings. The molecule has 1 saturated heterocycles. The van der Waals surface area contributed by atoms with Crippen LogP contribution in [0.3, 0.4) is 0 Å². The maximum atomic E-state index is 13.1. The number of amides is 2. The number of ether oxygens (including phenoxy) is 1. The monoisotopic (exact) mass is 403 g/mol. The number of hydrogen-bond acceptors (Lipinski definition) is 6. The Labute approximate surface area is 173 Å². The molecule has 0 spiro atoms. The van der Waals surface area contributed by atoms with Crippen LogP contribution in [0.4, 0.5) is 11.4 Å². The quantitative estimate of drug-likeness (QED) is 0.707. The molecule has 0 aliphatic carbocycles. The van der Waals surface area contributed by atoms with E-state index in [-0.39, 0.29) is 24.5 Å². The molecule has 4 heterocycles. The first-order chi connectivity index (χ1) is 14.6. The summed E-state index contributed by atoms with van der Waals surface area (Å²) in [7, 11) is 0. The number of benzene rings is 1. The van der Waals surface area contributed by atoms with E-state index in [0.29, 0.717) is 23.7 Å². The molecule has 0 saturated carbocycles. The number of aromatic nitrogens is 2. The number of rotatable bonds is 2. The van der Waals surface area contributed by atoms with Gasteiger partial charge in [0.2, 0.25) is 5.88 Å². The Hall–Kier alpha value is -3.68. The van der Waals surface area contributed by atoms with E-state index in [1.54, 1.807) is 12.3 Å². The van der Waals surface area contributed by atoms with Crippen LogP contribution >= 0.6 is 0 Å². The second-order valence-electron chi connectivity index (χ2n) is 7.58. The molecule has 2 aliphatic heterocycles. The van der Waals surface area contributed by atoms with Gasteiger partial charge in [-0.05, 0) is 25.1 Å². The highest BCUT2D eigenvalue weighted by Gasteiger charge is 2.30. The van der Waals surface area contributed by atoms with Crippen molar-refractivity contribution in [3.63, 3.8) is 0 Å². The zero-order valence-corrected chi connectivity index (χ0v) is 16.5. The number of piperazine rings is 1. The van der Waals surface area contributed by atoms with Gasteiger partial charge in [0, 0.05) is 60.7 Å². The Kier molecular flexibility index (Phi) is 4.46. The zero-order valence-electron chi connectivity index (χ0n) is 16.5. The molecule has 1 unspecified atom stereocenters. The normalized spacial score (nSPS) is 18.6. The maximum absolute atomic E-state index is 13.1. The van der Waals surface area contributed by atoms with Gasteiger partial charge in [0.15, 0.2) is 6.61 Å². The number of fused-ring (bicyclic) bond motifs is 2. The number of anilines is 2. The van der Waals surface area contributed by atoms with Crippen molar-refractivity contribution < 1.29 is 14.3 Å². The minimum absolute atomic E-state index is 0.0187. The number of hydrogen-bond donors (Lipinski definition) is 1. The van der Waals surface area contributed by atoms with Gasteiger partial charge in [-0.15, -0.1) is 0 Å².